The van der Waals surface area contributed by atoms with E-state index in [-0.39, 0.29) is 11.5 Å². The van der Waals surface area contributed by atoms with Gasteiger partial charge in [0.15, 0.2) is 0 Å². The maximum Gasteiger partial charge on any atom is 0.266 e. The standard InChI is InChI=1S/C6H7NO3.C2H6/c1-3-6(8)4-5(2)7(9)10;1-2/h3-4,8H,1-2H2;1-2H3/b6-4+;. The lowest BCUT2D eigenvalue weighted by atomic mass is 10.4. The Morgan fingerprint density at radius 2 is 2.00 bits per heavy atom. The number of hydrogen-bond acceptors (Lipinski definition) is 3. The predicted molar refractivity (Wildman–Crippen MR) is 48.4 cm³/mol. The monoisotopic (exact) mass is 171 g/mol. The minimum atomic E-state index is -0.695. The molecule has 4 heteroatoms. The average Bonchev–Trinajstić information content (AvgIpc) is 2.07. The Bertz CT molecular complexity index is 206. The molecule has 12 heavy (non-hydrogen) atoms. The van der Waals surface area contributed by atoms with Gasteiger partial charge in [-0.3, -0.25) is 10.1 Å². The average molecular weight is 171 g/mol. The molecule has 68 valence electrons. The quantitative estimate of drug-likeness (QED) is 0.307. The maximum absolute atomic E-state index is 9.87. The Kier molecular flexibility index (Phi) is 8.18. The van der Waals surface area contributed by atoms with Gasteiger partial charge in [0.2, 0.25) is 0 Å². The first-order valence-corrected chi connectivity index (χ1v) is 3.44. The van der Waals surface area contributed by atoms with Crippen LogP contribution in [-0.2, 0) is 0 Å². The molecule has 0 atom stereocenters. The van der Waals surface area contributed by atoms with E-state index in [1.807, 2.05) is 13.8 Å². The summed E-state index contributed by atoms with van der Waals surface area (Å²) in [5, 5.41) is 18.5. The maximum atomic E-state index is 9.87. The molecule has 0 spiro atoms. The minimum Gasteiger partial charge on any atom is -0.508 e. The molecule has 0 aliphatic carbocycles. The highest BCUT2D eigenvalue weighted by Gasteiger charge is 2.01. The fourth-order valence-electron chi connectivity index (χ4n) is 0.282. The number of nitro groups is 1. The van der Waals surface area contributed by atoms with Crippen LogP contribution in [0.5, 0.6) is 0 Å². The lowest BCUT2D eigenvalue weighted by Crippen LogP contribution is -1.93. The number of aliphatic hydroxyl groups excluding tert-OH is 1. The van der Waals surface area contributed by atoms with Crippen LogP contribution in [0.3, 0.4) is 0 Å². The number of aliphatic hydroxyl groups is 1. The van der Waals surface area contributed by atoms with Crippen molar-refractivity contribution in [1.29, 1.82) is 0 Å². The smallest absolute Gasteiger partial charge is 0.266 e. The Hall–Kier alpha value is -1.58. The summed E-state index contributed by atoms with van der Waals surface area (Å²) >= 11 is 0. The van der Waals surface area contributed by atoms with Gasteiger partial charge in [-0.15, -0.1) is 0 Å². The van der Waals surface area contributed by atoms with Crippen molar-refractivity contribution in [1.82, 2.24) is 0 Å². The largest absolute Gasteiger partial charge is 0.508 e. The lowest BCUT2D eigenvalue weighted by molar-refractivity contribution is -0.418. The Morgan fingerprint density at radius 3 is 2.25 bits per heavy atom. The van der Waals surface area contributed by atoms with E-state index in [9.17, 15) is 10.1 Å². The number of allylic oxidation sites excluding steroid dienone is 2. The van der Waals surface area contributed by atoms with Crippen molar-refractivity contribution in [3.63, 3.8) is 0 Å². The van der Waals surface area contributed by atoms with E-state index in [1.165, 1.54) is 0 Å². The molecule has 0 saturated carbocycles. The van der Waals surface area contributed by atoms with Gasteiger partial charge < -0.3 is 5.11 Å². The minimum absolute atomic E-state index is 0.262. The third-order valence-corrected chi connectivity index (χ3v) is 0.758. The van der Waals surface area contributed by atoms with E-state index in [0.717, 1.165) is 12.2 Å². The molecule has 1 N–H and O–H groups in total. The zero-order valence-corrected chi connectivity index (χ0v) is 7.28. The number of nitrogens with zero attached hydrogens (tertiary/aromatic N) is 1. The van der Waals surface area contributed by atoms with Gasteiger partial charge in [0.1, 0.15) is 5.76 Å². The van der Waals surface area contributed by atoms with E-state index in [1.54, 1.807) is 0 Å². The molecule has 0 bridgehead atoms. The fourth-order valence-corrected chi connectivity index (χ4v) is 0.282. The summed E-state index contributed by atoms with van der Waals surface area (Å²) in [6.45, 7) is 10.2. The van der Waals surface area contributed by atoms with Crippen LogP contribution < -0.4 is 0 Å². The Morgan fingerprint density at radius 1 is 1.58 bits per heavy atom. The van der Waals surface area contributed by atoms with Crippen LogP contribution in [0.4, 0.5) is 0 Å². The van der Waals surface area contributed by atoms with E-state index in [2.05, 4.69) is 13.2 Å². The van der Waals surface area contributed by atoms with Gasteiger partial charge >= 0.3 is 0 Å². The van der Waals surface area contributed by atoms with E-state index in [4.69, 9.17) is 5.11 Å². The van der Waals surface area contributed by atoms with E-state index < -0.39 is 4.92 Å². The van der Waals surface area contributed by atoms with E-state index >= 15 is 0 Å². The molecule has 0 saturated heterocycles. The van der Waals surface area contributed by atoms with Gasteiger partial charge in [-0.1, -0.05) is 20.4 Å². The molecule has 0 amide bonds. The van der Waals surface area contributed by atoms with Gasteiger partial charge in [0.25, 0.3) is 5.70 Å². The molecule has 0 fully saturated rings. The van der Waals surface area contributed by atoms with Gasteiger partial charge in [0, 0.05) is 0 Å². The van der Waals surface area contributed by atoms with E-state index in [0.29, 0.717) is 0 Å². The Balaban J connectivity index is 0. The lowest BCUT2D eigenvalue weighted by Gasteiger charge is -1.87. The molecular weight excluding hydrogens is 158 g/mol. The molecule has 4 nitrogen and oxygen atoms in total. The van der Waals surface area contributed by atoms with Crippen molar-refractivity contribution in [2.75, 3.05) is 0 Å². The van der Waals surface area contributed by atoms with Crippen LogP contribution in [0.1, 0.15) is 13.8 Å². The summed E-state index contributed by atoms with van der Waals surface area (Å²) in [6.07, 6.45) is 2.02. The summed E-state index contributed by atoms with van der Waals surface area (Å²) in [7, 11) is 0. The van der Waals surface area contributed by atoms with Crippen LogP contribution in [0, 0.1) is 10.1 Å². The second-order valence-corrected chi connectivity index (χ2v) is 1.52. The molecule has 0 aliphatic rings. The first kappa shape index (κ1) is 13.0. The zero-order valence-electron chi connectivity index (χ0n) is 7.28. The molecule has 0 radical (unpaired) electrons. The summed E-state index contributed by atoms with van der Waals surface area (Å²) in [4.78, 5) is 9.17. The normalized spacial score (nSPS) is 9.33. The van der Waals surface area contributed by atoms with Crippen LogP contribution in [-0.4, -0.2) is 10.0 Å². The first-order valence-electron chi connectivity index (χ1n) is 3.44. The number of rotatable bonds is 3. The zero-order chi connectivity index (χ0) is 10.1. The Labute approximate surface area is 71.7 Å². The van der Waals surface area contributed by atoms with Crippen LogP contribution >= 0.6 is 0 Å². The second-order valence-electron chi connectivity index (χ2n) is 1.52. The fraction of sp³-hybridized carbons (Fsp3) is 0.250. The van der Waals surface area contributed by atoms with Gasteiger partial charge in [-0.2, -0.15) is 0 Å². The van der Waals surface area contributed by atoms with Crippen LogP contribution in [0.15, 0.2) is 36.8 Å². The molecule has 0 heterocycles. The summed E-state index contributed by atoms with van der Waals surface area (Å²) in [6, 6.07) is 0. The van der Waals surface area contributed by atoms with Crippen molar-refractivity contribution in [2.45, 2.75) is 13.8 Å². The highest BCUT2D eigenvalue weighted by Crippen LogP contribution is 1.98. The molecule has 0 aliphatic heterocycles. The first-order chi connectivity index (χ1) is 5.57. The number of hydrogen-bond donors (Lipinski definition) is 1. The van der Waals surface area contributed by atoms with Gasteiger partial charge in [-0.05, 0) is 12.7 Å². The third-order valence-electron chi connectivity index (χ3n) is 0.758. The van der Waals surface area contributed by atoms with Gasteiger partial charge in [0.05, 0.1) is 11.0 Å². The molecule has 0 unspecified atom stereocenters. The molecule has 0 rings (SSSR count). The summed E-state index contributed by atoms with van der Waals surface area (Å²) < 4.78 is 0. The van der Waals surface area contributed by atoms with Crippen molar-refractivity contribution in [2.24, 2.45) is 0 Å². The molecule has 0 aromatic rings. The molecular formula is C8H13NO3. The highest BCUT2D eigenvalue weighted by atomic mass is 16.6. The van der Waals surface area contributed by atoms with Crippen molar-refractivity contribution < 1.29 is 10.0 Å². The van der Waals surface area contributed by atoms with Crippen LogP contribution in [0.25, 0.3) is 0 Å². The molecule has 0 aromatic carbocycles. The predicted octanol–water partition coefficient (Wildman–Crippen LogP) is 2.43. The topological polar surface area (TPSA) is 63.4 Å². The van der Waals surface area contributed by atoms with Crippen LogP contribution in [0.2, 0.25) is 0 Å². The second kappa shape index (κ2) is 7.53. The highest BCUT2D eigenvalue weighted by molar-refractivity contribution is 5.17. The summed E-state index contributed by atoms with van der Waals surface area (Å²) in [5.74, 6) is -0.262. The third kappa shape index (κ3) is 6.54. The SMILES string of the molecule is C=C/C(O)=C\C(=C)[N+](=O)[O-].CC. The summed E-state index contributed by atoms with van der Waals surface area (Å²) in [5.41, 5.74) is -0.364. The van der Waals surface area contributed by atoms with Gasteiger partial charge in [-0.25, -0.2) is 0 Å². The molecule has 0 aromatic heterocycles. The van der Waals surface area contributed by atoms with Crippen molar-refractivity contribution in [3.05, 3.63) is 46.9 Å². The van der Waals surface area contributed by atoms with Crippen molar-refractivity contribution in [3.8, 4) is 0 Å². The van der Waals surface area contributed by atoms with Crippen molar-refractivity contribution >= 4 is 0 Å².